The lowest BCUT2D eigenvalue weighted by Gasteiger charge is -2.40. The first-order valence-electron chi connectivity index (χ1n) is 8.86. The molecule has 0 atom stereocenters. The van der Waals surface area contributed by atoms with E-state index in [4.69, 9.17) is 4.74 Å². The lowest BCUT2D eigenvalue weighted by molar-refractivity contribution is -0.122. The van der Waals surface area contributed by atoms with Crippen LogP contribution in [0.25, 0.3) is 0 Å². The number of rotatable bonds is 6. The Bertz CT molecular complexity index is 738. The maximum absolute atomic E-state index is 12.8. The molecule has 0 fully saturated rings. The van der Waals surface area contributed by atoms with Crippen molar-refractivity contribution >= 4 is 17.3 Å². The van der Waals surface area contributed by atoms with Crippen LogP contribution in [0, 0.1) is 6.92 Å². The number of para-hydroxylation sites is 2. The Morgan fingerprint density at radius 1 is 1.04 bits per heavy atom. The summed E-state index contributed by atoms with van der Waals surface area (Å²) < 4.78 is 5.77. The van der Waals surface area contributed by atoms with Gasteiger partial charge in [-0.05, 0) is 57.9 Å². The summed E-state index contributed by atoms with van der Waals surface area (Å²) in [5, 5.41) is 3.33. The fourth-order valence-electron chi connectivity index (χ4n) is 3.07. The van der Waals surface area contributed by atoms with Gasteiger partial charge in [0.15, 0.2) is 0 Å². The highest BCUT2D eigenvalue weighted by Crippen LogP contribution is 2.35. The van der Waals surface area contributed by atoms with Gasteiger partial charge >= 0.3 is 0 Å². The molecule has 1 heterocycles. The normalized spacial score (nSPS) is 15.5. The molecule has 4 heteroatoms. The average Bonchev–Trinajstić information content (AvgIpc) is 2.59. The lowest BCUT2D eigenvalue weighted by atomic mass is 9.98. The Hall–Kier alpha value is -2.49. The molecule has 1 aliphatic rings. The van der Waals surface area contributed by atoms with Crippen LogP contribution in [0.15, 0.2) is 48.5 Å². The zero-order valence-corrected chi connectivity index (χ0v) is 15.2. The van der Waals surface area contributed by atoms with Crippen molar-refractivity contribution in [2.24, 2.45) is 0 Å². The maximum Gasteiger partial charge on any atom is 0.252 e. The minimum atomic E-state index is -0.577. The highest BCUT2D eigenvalue weighted by atomic mass is 16.5. The summed E-state index contributed by atoms with van der Waals surface area (Å²) in [6.07, 6.45) is 1.82. The number of fused-ring (bicyclic) bond motifs is 1. The first-order chi connectivity index (χ1) is 12.0. The number of ether oxygens (including phenoxy) is 1. The van der Waals surface area contributed by atoms with Crippen LogP contribution in [0.5, 0.6) is 5.75 Å². The summed E-state index contributed by atoms with van der Waals surface area (Å²) in [7, 11) is 0. The van der Waals surface area contributed by atoms with Crippen molar-refractivity contribution in [2.45, 2.75) is 39.2 Å². The van der Waals surface area contributed by atoms with Gasteiger partial charge in [0.25, 0.3) is 5.91 Å². The first kappa shape index (κ1) is 17.3. The molecule has 0 saturated heterocycles. The third kappa shape index (κ3) is 3.95. The van der Waals surface area contributed by atoms with Gasteiger partial charge in [0.2, 0.25) is 0 Å². The number of hydrogen-bond acceptors (Lipinski definition) is 3. The molecule has 132 valence electrons. The van der Waals surface area contributed by atoms with Gasteiger partial charge in [0.1, 0.15) is 11.3 Å². The van der Waals surface area contributed by atoms with Crippen molar-refractivity contribution in [1.82, 2.24) is 0 Å². The summed E-state index contributed by atoms with van der Waals surface area (Å²) in [4.78, 5) is 14.7. The summed E-state index contributed by atoms with van der Waals surface area (Å²) >= 11 is 0. The topological polar surface area (TPSA) is 41.6 Å². The van der Waals surface area contributed by atoms with Gasteiger partial charge in [-0.2, -0.15) is 0 Å². The SMILES string of the molecule is Cc1ccc(OCCCCN2C(=O)C(C)(C)Nc3ccccc32)cc1. The lowest BCUT2D eigenvalue weighted by Crippen LogP contribution is -2.54. The summed E-state index contributed by atoms with van der Waals surface area (Å²) in [6, 6.07) is 16.1. The third-order valence-corrected chi connectivity index (χ3v) is 4.49. The van der Waals surface area contributed by atoms with Crippen molar-refractivity contribution in [2.75, 3.05) is 23.4 Å². The molecule has 0 saturated carbocycles. The molecule has 1 aliphatic heterocycles. The molecule has 4 nitrogen and oxygen atoms in total. The van der Waals surface area contributed by atoms with Crippen molar-refractivity contribution in [3.05, 3.63) is 54.1 Å². The highest BCUT2D eigenvalue weighted by Gasteiger charge is 2.37. The van der Waals surface area contributed by atoms with E-state index in [1.54, 1.807) is 0 Å². The largest absolute Gasteiger partial charge is 0.494 e. The number of anilines is 2. The number of carbonyl (C=O) groups is 1. The number of nitrogens with one attached hydrogen (secondary N) is 1. The van der Waals surface area contributed by atoms with Crippen molar-refractivity contribution in [3.8, 4) is 5.75 Å². The van der Waals surface area contributed by atoms with Crippen LogP contribution in [0.3, 0.4) is 0 Å². The maximum atomic E-state index is 12.8. The Kier molecular flexibility index (Phi) is 4.98. The van der Waals surface area contributed by atoms with E-state index in [9.17, 15) is 4.79 Å². The monoisotopic (exact) mass is 338 g/mol. The fourth-order valence-corrected chi connectivity index (χ4v) is 3.07. The molecule has 2 aromatic rings. The molecule has 2 aromatic carbocycles. The number of carbonyl (C=O) groups excluding carboxylic acids is 1. The molecule has 0 radical (unpaired) electrons. The Morgan fingerprint density at radius 3 is 2.52 bits per heavy atom. The van der Waals surface area contributed by atoms with Gasteiger partial charge in [-0.1, -0.05) is 29.8 Å². The van der Waals surface area contributed by atoms with Crippen LogP contribution in [-0.4, -0.2) is 24.6 Å². The number of hydrogen-bond donors (Lipinski definition) is 1. The van der Waals surface area contributed by atoms with Crippen molar-refractivity contribution < 1.29 is 9.53 Å². The van der Waals surface area contributed by atoms with Gasteiger partial charge < -0.3 is 15.0 Å². The number of unbranched alkanes of at least 4 members (excludes halogenated alkanes) is 1. The molecule has 1 N–H and O–H groups in total. The average molecular weight is 338 g/mol. The zero-order valence-electron chi connectivity index (χ0n) is 15.2. The molecule has 0 bridgehead atoms. The van der Waals surface area contributed by atoms with E-state index in [1.165, 1.54) is 5.56 Å². The van der Waals surface area contributed by atoms with E-state index in [0.29, 0.717) is 13.2 Å². The van der Waals surface area contributed by atoms with Gasteiger partial charge in [0.05, 0.1) is 18.0 Å². The van der Waals surface area contributed by atoms with E-state index >= 15 is 0 Å². The second-order valence-corrected chi connectivity index (χ2v) is 7.09. The quantitative estimate of drug-likeness (QED) is 0.794. The number of amides is 1. The predicted molar refractivity (Wildman–Crippen MR) is 102 cm³/mol. The van der Waals surface area contributed by atoms with E-state index < -0.39 is 5.54 Å². The summed E-state index contributed by atoms with van der Waals surface area (Å²) in [6.45, 7) is 7.29. The van der Waals surface area contributed by atoms with Crippen LogP contribution in [0.2, 0.25) is 0 Å². The van der Waals surface area contributed by atoms with Crippen LogP contribution in [0.4, 0.5) is 11.4 Å². The molecular weight excluding hydrogens is 312 g/mol. The number of nitrogens with zero attached hydrogens (tertiary/aromatic N) is 1. The second-order valence-electron chi connectivity index (χ2n) is 7.09. The van der Waals surface area contributed by atoms with Crippen molar-refractivity contribution in [3.63, 3.8) is 0 Å². The van der Waals surface area contributed by atoms with Gasteiger partial charge in [-0.25, -0.2) is 0 Å². The summed E-state index contributed by atoms with van der Waals surface area (Å²) in [5.41, 5.74) is 2.63. The summed E-state index contributed by atoms with van der Waals surface area (Å²) in [5.74, 6) is 1.01. The van der Waals surface area contributed by atoms with Crippen molar-refractivity contribution in [1.29, 1.82) is 0 Å². The molecule has 0 aliphatic carbocycles. The number of benzene rings is 2. The van der Waals surface area contributed by atoms with Crippen LogP contribution in [-0.2, 0) is 4.79 Å². The smallest absolute Gasteiger partial charge is 0.252 e. The minimum Gasteiger partial charge on any atom is -0.494 e. The van der Waals surface area contributed by atoms with Crippen LogP contribution >= 0.6 is 0 Å². The van der Waals surface area contributed by atoms with Crippen LogP contribution in [0.1, 0.15) is 32.3 Å². The van der Waals surface area contributed by atoms with Gasteiger partial charge in [0, 0.05) is 6.54 Å². The minimum absolute atomic E-state index is 0.116. The molecule has 0 spiro atoms. The fraction of sp³-hybridized carbons (Fsp3) is 0.381. The Balaban J connectivity index is 1.55. The van der Waals surface area contributed by atoms with E-state index in [-0.39, 0.29) is 5.91 Å². The zero-order chi connectivity index (χ0) is 17.9. The van der Waals surface area contributed by atoms with Gasteiger partial charge in [-0.3, -0.25) is 4.79 Å². The molecular formula is C21H26N2O2. The molecule has 25 heavy (non-hydrogen) atoms. The van der Waals surface area contributed by atoms with E-state index in [2.05, 4.69) is 12.2 Å². The van der Waals surface area contributed by atoms with E-state index in [1.807, 2.05) is 67.3 Å². The molecule has 0 unspecified atom stereocenters. The highest BCUT2D eigenvalue weighted by molar-refractivity contribution is 6.07. The number of aryl methyl sites for hydroxylation is 1. The molecule has 3 rings (SSSR count). The molecule has 1 amide bonds. The third-order valence-electron chi connectivity index (χ3n) is 4.49. The Labute approximate surface area is 149 Å². The Morgan fingerprint density at radius 2 is 1.76 bits per heavy atom. The standard InChI is InChI=1S/C21H26N2O2/c1-16-10-12-17(13-11-16)25-15-7-6-14-23-19-9-5-4-8-18(19)22-21(2,3)20(23)24/h4-5,8-13,22H,6-7,14-15H2,1-3H3. The predicted octanol–water partition coefficient (Wildman–Crippen LogP) is 4.39. The van der Waals surface area contributed by atoms with Crippen LogP contribution < -0.4 is 15.0 Å². The van der Waals surface area contributed by atoms with E-state index in [0.717, 1.165) is 30.0 Å². The molecule has 0 aromatic heterocycles. The second kappa shape index (κ2) is 7.18. The van der Waals surface area contributed by atoms with Gasteiger partial charge in [-0.15, -0.1) is 0 Å². The first-order valence-corrected chi connectivity index (χ1v) is 8.86.